The summed E-state index contributed by atoms with van der Waals surface area (Å²) in [6.45, 7) is 2.27. The molecule has 1 aliphatic carbocycles. The van der Waals surface area contributed by atoms with Crippen molar-refractivity contribution >= 4 is 23.3 Å². The van der Waals surface area contributed by atoms with Crippen molar-refractivity contribution in [3.05, 3.63) is 16.1 Å². The van der Waals surface area contributed by atoms with E-state index in [2.05, 4.69) is 15.6 Å². The zero-order valence-electron chi connectivity index (χ0n) is 10.7. The van der Waals surface area contributed by atoms with Gasteiger partial charge in [0, 0.05) is 11.4 Å². The van der Waals surface area contributed by atoms with Crippen LogP contribution in [-0.4, -0.2) is 28.1 Å². The normalized spacial score (nSPS) is 15.8. The molecule has 0 radical (unpaired) electrons. The van der Waals surface area contributed by atoms with Gasteiger partial charge in [0.2, 0.25) is 0 Å². The van der Waals surface area contributed by atoms with Gasteiger partial charge in [-0.2, -0.15) is 0 Å². The molecule has 0 aromatic carbocycles. The predicted octanol–water partition coefficient (Wildman–Crippen LogP) is 1.50. The molecular weight excluding hydrogens is 266 g/mol. The van der Waals surface area contributed by atoms with E-state index in [9.17, 15) is 9.59 Å². The zero-order chi connectivity index (χ0) is 13.8. The number of amides is 2. The third-order valence-corrected chi connectivity index (χ3v) is 3.82. The van der Waals surface area contributed by atoms with Gasteiger partial charge >= 0.3 is 12.0 Å². The van der Waals surface area contributed by atoms with Crippen LogP contribution in [0.5, 0.6) is 0 Å². The molecule has 1 aliphatic rings. The molecular formula is C12H17N3O3S. The second-order valence-electron chi connectivity index (χ2n) is 4.73. The Labute approximate surface area is 115 Å². The van der Waals surface area contributed by atoms with E-state index in [1.807, 2.05) is 12.3 Å². The van der Waals surface area contributed by atoms with Crippen LogP contribution in [0.25, 0.3) is 0 Å². The summed E-state index contributed by atoms with van der Waals surface area (Å²) < 4.78 is 0. The quantitative estimate of drug-likeness (QED) is 0.738. The van der Waals surface area contributed by atoms with Crippen molar-refractivity contribution in [2.24, 2.45) is 5.92 Å². The molecule has 0 aliphatic heterocycles. The standard InChI is InChI=1S/C12H17N3O3S/c1-7-14-9(6-19-7)5-13-12(18)15-10(4-11(16)17)8-2-3-8/h6,8,10H,2-5H2,1H3,(H,16,17)(H2,13,15,18). The number of hydrogen-bond acceptors (Lipinski definition) is 4. The fourth-order valence-corrected chi connectivity index (χ4v) is 2.51. The molecule has 1 fully saturated rings. The van der Waals surface area contributed by atoms with Crippen molar-refractivity contribution < 1.29 is 14.7 Å². The van der Waals surface area contributed by atoms with E-state index in [0.717, 1.165) is 23.5 Å². The zero-order valence-corrected chi connectivity index (χ0v) is 11.5. The van der Waals surface area contributed by atoms with Crippen molar-refractivity contribution in [2.75, 3.05) is 0 Å². The predicted molar refractivity (Wildman–Crippen MR) is 71.0 cm³/mol. The summed E-state index contributed by atoms with van der Waals surface area (Å²) in [6.07, 6.45) is 1.96. The first kappa shape index (κ1) is 13.8. The van der Waals surface area contributed by atoms with E-state index >= 15 is 0 Å². The van der Waals surface area contributed by atoms with Crippen molar-refractivity contribution in [1.82, 2.24) is 15.6 Å². The maximum absolute atomic E-state index is 11.7. The van der Waals surface area contributed by atoms with Crippen LogP contribution in [0.3, 0.4) is 0 Å². The molecule has 19 heavy (non-hydrogen) atoms. The number of hydrogen-bond donors (Lipinski definition) is 3. The van der Waals surface area contributed by atoms with E-state index in [-0.39, 0.29) is 18.5 Å². The first-order chi connectivity index (χ1) is 9.04. The maximum atomic E-state index is 11.7. The minimum Gasteiger partial charge on any atom is -0.481 e. The maximum Gasteiger partial charge on any atom is 0.315 e. The van der Waals surface area contributed by atoms with Gasteiger partial charge in [-0.3, -0.25) is 4.79 Å². The number of carboxylic acid groups (broad SMARTS) is 1. The SMILES string of the molecule is Cc1nc(CNC(=O)NC(CC(=O)O)C2CC2)cs1. The molecule has 1 saturated carbocycles. The lowest BCUT2D eigenvalue weighted by molar-refractivity contribution is -0.137. The van der Waals surface area contributed by atoms with Gasteiger partial charge in [0.1, 0.15) is 0 Å². The Hall–Kier alpha value is -1.63. The second kappa shape index (κ2) is 6.01. The van der Waals surface area contributed by atoms with Gasteiger partial charge in [-0.25, -0.2) is 9.78 Å². The van der Waals surface area contributed by atoms with Gasteiger partial charge in [0.15, 0.2) is 0 Å². The lowest BCUT2D eigenvalue weighted by atomic mass is 10.1. The van der Waals surface area contributed by atoms with Gasteiger partial charge in [0.25, 0.3) is 0 Å². The Morgan fingerprint density at radius 1 is 1.58 bits per heavy atom. The molecule has 0 spiro atoms. The number of rotatable bonds is 6. The first-order valence-electron chi connectivity index (χ1n) is 6.21. The second-order valence-corrected chi connectivity index (χ2v) is 5.79. The number of nitrogens with one attached hydrogen (secondary N) is 2. The largest absolute Gasteiger partial charge is 0.481 e. The van der Waals surface area contributed by atoms with Crippen molar-refractivity contribution in [3.8, 4) is 0 Å². The van der Waals surface area contributed by atoms with Crippen LogP contribution < -0.4 is 10.6 Å². The van der Waals surface area contributed by atoms with Crippen LogP contribution in [0.15, 0.2) is 5.38 Å². The molecule has 2 amide bonds. The highest BCUT2D eigenvalue weighted by Gasteiger charge is 2.33. The number of aromatic nitrogens is 1. The highest BCUT2D eigenvalue weighted by atomic mass is 32.1. The van der Waals surface area contributed by atoms with E-state index in [4.69, 9.17) is 5.11 Å². The van der Waals surface area contributed by atoms with Crippen LogP contribution in [0.2, 0.25) is 0 Å². The van der Waals surface area contributed by atoms with Crippen LogP contribution >= 0.6 is 11.3 Å². The summed E-state index contributed by atoms with van der Waals surface area (Å²) in [5.74, 6) is -0.573. The molecule has 1 aromatic heterocycles. The third kappa shape index (κ3) is 4.51. The molecule has 7 heteroatoms. The van der Waals surface area contributed by atoms with Crippen LogP contribution in [0, 0.1) is 12.8 Å². The third-order valence-electron chi connectivity index (χ3n) is 3.00. The molecule has 6 nitrogen and oxygen atoms in total. The van der Waals surface area contributed by atoms with E-state index in [1.165, 1.54) is 11.3 Å². The number of aliphatic carboxylic acids is 1. The monoisotopic (exact) mass is 283 g/mol. The van der Waals surface area contributed by atoms with Gasteiger partial charge in [-0.15, -0.1) is 11.3 Å². The molecule has 1 unspecified atom stereocenters. The summed E-state index contributed by atoms with van der Waals surface area (Å²) >= 11 is 1.53. The Balaban J connectivity index is 1.77. The highest BCUT2D eigenvalue weighted by molar-refractivity contribution is 7.09. The fourth-order valence-electron chi connectivity index (χ4n) is 1.90. The average Bonchev–Trinajstić information content (AvgIpc) is 3.09. The summed E-state index contributed by atoms with van der Waals surface area (Å²) in [4.78, 5) is 26.7. The number of carbonyl (C=O) groups excluding carboxylic acids is 1. The molecule has 1 heterocycles. The number of urea groups is 1. The summed E-state index contributed by atoms with van der Waals surface area (Å²) in [6, 6.07) is -0.599. The molecule has 1 aromatic rings. The summed E-state index contributed by atoms with van der Waals surface area (Å²) in [5, 5.41) is 17.1. The molecule has 2 rings (SSSR count). The van der Waals surface area contributed by atoms with E-state index < -0.39 is 5.97 Å². The lowest BCUT2D eigenvalue weighted by Crippen LogP contribution is -2.43. The fraction of sp³-hybridized carbons (Fsp3) is 0.583. The van der Waals surface area contributed by atoms with Gasteiger partial charge in [-0.05, 0) is 25.7 Å². The minimum atomic E-state index is -0.882. The topological polar surface area (TPSA) is 91.3 Å². The van der Waals surface area contributed by atoms with E-state index in [1.54, 1.807) is 0 Å². The summed E-state index contributed by atoms with van der Waals surface area (Å²) in [5.41, 5.74) is 0.818. The number of aryl methyl sites for hydroxylation is 1. The number of carboxylic acids is 1. The van der Waals surface area contributed by atoms with Gasteiger partial charge < -0.3 is 15.7 Å². The van der Waals surface area contributed by atoms with Crippen molar-refractivity contribution in [2.45, 2.75) is 38.8 Å². The Morgan fingerprint density at radius 2 is 2.32 bits per heavy atom. The molecule has 104 valence electrons. The lowest BCUT2D eigenvalue weighted by Gasteiger charge is -2.16. The Morgan fingerprint density at radius 3 is 2.84 bits per heavy atom. The van der Waals surface area contributed by atoms with Crippen LogP contribution in [0.1, 0.15) is 30.0 Å². The van der Waals surface area contributed by atoms with Crippen LogP contribution in [0.4, 0.5) is 4.79 Å². The van der Waals surface area contributed by atoms with Crippen LogP contribution in [-0.2, 0) is 11.3 Å². The molecule has 0 bridgehead atoms. The smallest absolute Gasteiger partial charge is 0.315 e. The summed E-state index contributed by atoms with van der Waals surface area (Å²) in [7, 11) is 0. The van der Waals surface area contributed by atoms with Gasteiger partial charge in [-0.1, -0.05) is 0 Å². The van der Waals surface area contributed by atoms with Crippen molar-refractivity contribution in [1.29, 1.82) is 0 Å². The minimum absolute atomic E-state index is 0.0199. The number of thiazole rings is 1. The van der Waals surface area contributed by atoms with E-state index in [0.29, 0.717) is 12.5 Å². The highest BCUT2D eigenvalue weighted by Crippen LogP contribution is 2.33. The Kier molecular flexibility index (Phi) is 4.36. The van der Waals surface area contributed by atoms with Crippen molar-refractivity contribution in [3.63, 3.8) is 0 Å². The number of nitrogens with zero attached hydrogens (tertiary/aromatic N) is 1. The number of carbonyl (C=O) groups is 2. The average molecular weight is 283 g/mol. The van der Waals surface area contributed by atoms with Gasteiger partial charge in [0.05, 0.1) is 23.7 Å². The molecule has 3 N–H and O–H groups in total. The molecule has 0 saturated heterocycles. The molecule has 1 atom stereocenters. The Bertz CT molecular complexity index is 471. The first-order valence-corrected chi connectivity index (χ1v) is 7.09.